The molecule has 4 nitrogen and oxygen atoms in total. The molecule has 2 aromatic rings. The summed E-state index contributed by atoms with van der Waals surface area (Å²) in [6.45, 7) is 5.45. The van der Waals surface area contributed by atoms with Crippen molar-refractivity contribution in [3.63, 3.8) is 0 Å². The van der Waals surface area contributed by atoms with Gasteiger partial charge in [0.25, 0.3) is 0 Å². The summed E-state index contributed by atoms with van der Waals surface area (Å²) in [4.78, 5) is 4.56. The number of thiocarbonyl (C=S) groups is 1. The highest BCUT2D eigenvalue weighted by atomic mass is 35.5. The molecule has 3 rings (SSSR count). The van der Waals surface area contributed by atoms with E-state index in [0.29, 0.717) is 16.8 Å². The zero-order chi connectivity index (χ0) is 18.5. The van der Waals surface area contributed by atoms with E-state index in [2.05, 4.69) is 35.2 Å². The molecular formula is C18H24ClFN4S2+2. The summed E-state index contributed by atoms with van der Waals surface area (Å²) < 4.78 is 13.3. The fourth-order valence-electron chi connectivity index (χ4n) is 3.23. The zero-order valence-electron chi connectivity index (χ0n) is 14.6. The number of nitrogens with one attached hydrogen (secondary N) is 4. The maximum atomic E-state index is 13.3. The standard InChI is InChI=1S/C18H22ClFN4S2/c1-23-6-8-24(9-7-23)16(17-3-2-10-26-17)12-21-18(25)22-13-4-5-15(20)14(19)11-13/h2-5,10-11,16H,6-9,12H2,1H3,(H2,21,22,25)/p+2/t16-/m1/s1. The highest BCUT2D eigenvalue weighted by Gasteiger charge is 2.29. The maximum Gasteiger partial charge on any atom is 0.171 e. The first-order valence-electron chi connectivity index (χ1n) is 8.72. The topological polar surface area (TPSA) is 32.9 Å². The number of rotatable bonds is 5. The minimum absolute atomic E-state index is 0.0821. The second-order valence-electron chi connectivity index (χ2n) is 6.65. The van der Waals surface area contributed by atoms with Crippen LogP contribution in [-0.4, -0.2) is 44.9 Å². The van der Waals surface area contributed by atoms with Gasteiger partial charge in [-0.15, -0.1) is 11.3 Å². The Balaban J connectivity index is 1.60. The Kier molecular flexibility index (Phi) is 6.83. The molecule has 0 aliphatic carbocycles. The van der Waals surface area contributed by atoms with Gasteiger partial charge in [-0.3, -0.25) is 0 Å². The lowest BCUT2D eigenvalue weighted by molar-refractivity contribution is -1.02. The Labute approximate surface area is 167 Å². The molecule has 0 unspecified atom stereocenters. The molecule has 1 aliphatic heterocycles. The Morgan fingerprint density at radius 1 is 1.31 bits per heavy atom. The van der Waals surface area contributed by atoms with Crippen molar-refractivity contribution in [1.82, 2.24) is 5.32 Å². The van der Waals surface area contributed by atoms with Gasteiger partial charge < -0.3 is 20.4 Å². The van der Waals surface area contributed by atoms with Gasteiger partial charge in [0.05, 0.1) is 23.5 Å². The third-order valence-corrected chi connectivity index (χ3v) is 6.29. The predicted molar refractivity (Wildman–Crippen MR) is 110 cm³/mol. The molecule has 0 saturated carbocycles. The maximum absolute atomic E-state index is 13.3. The van der Waals surface area contributed by atoms with Crippen LogP contribution in [0.1, 0.15) is 10.9 Å². The van der Waals surface area contributed by atoms with Gasteiger partial charge in [0.2, 0.25) is 0 Å². The summed E-state index contributed by atoms with van der Waals surface area (Å²) in [5.41, 5.74) is 0.678. The van der Waals surface area contributed by atoms with Crippen LogP contribution in [0.15, 0.2) is 35.7 Å². The number of hydrogen-bond acceptors (Lipinski definition) is 2. The SMILES string of the molecule is C[NH+]1CC[NH+]([C@H](CNC(=S)Nc2ccc(F)c(Cl)c2)c2cccs2)CC1. The monoisotopic (exact) mass is 414 g/mol. The lowest BCUT2D eigenvalue weighted by Gasteiger charge is -2.33. The van der Waals surface area contributed by atoms with Gasteiger partial charge in [0.15, 0.2) is 5.11 Å². The summed E-state index contributed by atoms with van der Waals surface area (Å²) in [6, 6.07) is 9.17. The molecule has 1 atom stereocenters. The van der Waals surface area contributed by atoms with E-state index in [9.17, 15) is 4.39 Å². The first-order chi connectivity index (χ1) is 12.5. The smallest absolute Gasteiger partial charge is 0.171 e. The number of piperazine rings is 1. The minimum atomic E-state index is -0.436. The van der Waals surface area contributed by atoms with Gasteiger partial charge in [-0.25, -0.2) is 4.39 Å². The number of likely N-dealkylation sites (N-methyl/N-ethyl adjacent to an activating group) is 1. The van der Waals surface area contributed by atoms with Crippen molar-refractivity contribution in [3.8, 4) is 0 Å². The Morgan fingerprint density at radius 2 is 2.08 bits per heavy atom. The van der Waals surface area contributed by atoms with E-state index in [0.717, 1.165) is 19.6 Å². The molecule has 2 heterocycles. The van der Waals surface area contributed by atoms with Crippen LogP contribution in [0, 0.1) is 5.82 Å². The van der Waals surface area contributed by atoms with E-state index < -0.39 is 5.82 Å². The fourth-order valence-corrected chi connectivity index (χ4v) is 4.49. The predicted octanol–water partition coefficient (Wildman–Crippen LogP) is 0.982. The molecule has 1 aliphatic rings. The van der Waals surface area contributed by atoms with E-state index in [1.807, 2.05) is 0 Å². The summed E-state index contributed by atoms with van der Waals surface area (Å²) >= 11 is 13.0. The number of anilines is 1. The van der Waals surface area contributed by atoms with E-state index in [4.69, 9.17) is 23.8 Å². The van der Waals surface area contributed by atoms with Crippen molar-refractivity contribution in [2.24, 2.45) is 0 Å². The lowest BCUT2D eigenvalue weighted by atomic mass is 10.1. The highest BCUT2D eigenvalue weighted by Crippen LogP contribution is 2.19. The van der Waals surface area contributed by atoms with Crippen molar-refractivity contribution in [2.75, 3.05) is 45.1 Å². The molecular weight excluding hydrogens is 391 g/mol. The van der Waals surface area contributed by atoms with E-state index >= 15 is 0 Å². The first kappa shape index (κ1) is 19.5. The molecule has 26 heavy (non-hydrogen) atoms. The molecule has 1 saturated heterocycles. The van der Waals surface area contributed by atoms with Crippen molar-refractivity contribution < 1.29 is 14.2 Å². The van der Waals surface area contributed by atoms with Gasteiger partial charge in [0.1, 0.15) is 38.0 Å². The van der Waals surface area contributed by atoms with Crippen molar-refractivity contribution in [2.45, 2.75) is 6.04 Å². The van der Waals surface area contributed by atoms with E-state index in [1.54, 1.807) is 27.2 Å². The van der Waals surface area contributed by atoms with Gasteiger partial charge >= 0.3 is 0 Å². The average molecular weight is 415 g/mol. The summed E-state index contributed by atoms with van der Waals surface area (Å²) in [5.74, 6) is -0.436. The first-order valence-corrected chi connectivity index (χ1v) is 10.4. The molecule has 0 radical (unpaired) electrons. The van der Waals surface area contributed by atoms with Crippen LogP contribution < -0.4 is 20.4 Å². The summed E-state index contributed by atoms with van der Waals surface area (Å²) in [6.07, 6.45) is 0. The van der Waals surface area contributed by atoms with Gasteiger partial charge in [-0.1, -0.05) is 17.7 Å². The molecule has 0 bridgehead atoms. The molecule has 0 spiro atoms. The van der Waals surface area contributed by atoms with Crippen molar-refractivity contribution in [3.05, 3.63) is 51.4 Å². The molecule has 1 aromatic carbocycles. The summed E-state index contributed by atoms with van der Waals surface area (Å²) in [7, 11) is 2.25. The quantitative estimate of drug-likeness (QED) is 0.550. The van der Waals surface area contributed by atoms with Crippen molar-refractivity contribution >= 4 is 46.0 Å². The lowest BCUT2D eigenvalue weighted by Crippen LogP contribution is -3.27. The molecule has 140 valence electrons. The van der Waals surface area contributed by atoms with Crippen LogP contribution in [0.4, 0.5) is 10.1 Å². The number of halogens is 2. The molecule has 4 N–H and O–H groups in total. The van der Waals surface area contributed by atoms with E-state index in [-0.39, 0.29) is 5.02 Å². The van der Waals surface area contributed by atoms with E-state index in [1.165, 1.54) is 30.1 Å². The molecule has 8 heteroatoms. The van der Waals surface area contributed by atoms with Crippen LogP contribution >= 0.6 is 35.2 Å². The second kappa shape index (κ2) is 9.10. The zero-order valence-corrected chi connectivity index (χ0v) is 17.0. The normalized spacial score (nSPS) is 21.2. The second-order valence-corrected chi connectivity index (χ2v) is 8.44. The third-order valence-electron chi connectivity index (χ3n) is 4.77. The Morgan fingerprint density at radius 3 is 2.73 bits per heavy atom. The molecule has 1 fully saturated rings. The van der Waals surface area contributed by atoms with Crippen molar-refractivity contribution in [1.29, 1.82) is 0 Å². The summed E-state index contributed by atoms with van der Waals surface area (Å²) in [5, 5.41) is 9.13. The third kappa shape index (κ3) is 5.14. The minimum Gasteiger partial charge on any atom is -0.356 e. The van der Waals surface area contributed by atoms with Gasteiger partial charge in [0, 0.05) is 5.69 Å². The number of quaternary nitrogens is 2. The number of thiophene rings is 1. The number of hydrogen-bond donors (Lipinski definition) is 4. The molecule has 0 amide bonds. The van der Waals surface area contributed by atoms with Crippen LogP contribution in [0.5, 0.6) is 0 Å². The van der Waals surface area contributed by atoms with Crippen LogP contribution in [0.3, 0.4) is 0 Å². The largest absolute Gasteiger partial charge is 0.356 e. The fraction of sp³-hybridized carbons (Fsp3) is 0.389. The van der Waals surface area contributed by atoms with Gasteiger partial charge in [-0.05, 0) is 41.9 Å². The average Bonchev–Trinajstić information content (AvgIpc) is 3.14. The number of benzene rings is 1. The van der Waals surface area contributed by atoms with Crippen LogP contribution in [0.25, 0.3) is 0 Å². The Bertz CT molecular complexity index is 733. The van der Waals surface area contributed by atoms with Gasteiger partial charge in [-0.2, -0.15) is 0 Å². The highest BCUT2D eigenvalue weighted by molar-refractivity contribution is 7.80. The Hall–Kier alpha value is -1.25. The van der Waals surface area contributed by atoms with Crippen LogP contribution in [-0.2, 0) is 0 Å². The molecule has 1 aromatic heterocycles. The van der Waals surface area contributed by atoms with Crippen LogP contribution in [0.2, 0.25) is 5.02 Å².